The SMILES string of the molecule is N#Cc1ccc(NCCCN=C2NC(c3ccc(Cl)cc3Cl)[N-]C=C2C2CC2)nc1. The third-order valence-electron chi connectivity index (χ3n) is 4.99. The predicted octanol–water partition coefficient (Wildman–Crippen LogP) is 5.43. The molecule has 1 aliphatic heterocycles. The monoisotopic (exact) mass is 439 g/mol. The van der Waals surface area contributed by atoms with Crippen molar-refractivity contribution in [3.8, 4) is 6.07 Å². The summed E-state index contributed by atoms with van der Waals surface area (Å²) in [6.07, 6.45) is 6.46. The van der Waals surface area contributed by atoms with Crippen molar-refractivity contribution < 1.29 is 0 Å². The van der Waals surface area contributed by atoms with Gasteiger partial charge in [-0.1, -0.05) is 29.3 Å². The van der Waals surface area contributed by atoms with Crippen molar-refractivity contribution in [2.45, 2.75) is 25.4 Å². The van der Waals surface area contributed by atoms with E-state index >= 15 is 0 Å². The Labute approximate surface area is 186 Å². The molecule has 0 saturated heterocycles. The van der Waals surface area contributed by atoms with Crippen LogP contribution >= 0.6 is 23.2 Å². The first-order chi connectivity index (χ1) is 14.6. The molecule has 2 aliphatic rings. The Balaban J connectivity index is 1.36. The highest BCUT2D eigenvalue weighted by Crippen LogP contribution is 2.41. The third kappa shape index (κ3) is 5.05. The predicted molar refractivity (Wildman–Crippen MR) is 121 cm³/mol. The van der Waals surface area contributed by atoms with Gasteiger partial charge in [-0.05, 0) is 66.7 Å². The van der Waals surface area contributed by atoms with E-state index in [-0.39, 0.29) is 6.17 Å². The number of pyridine rings is 1. The number of aromatic nitrogens is 1. The van der Waals surface area contributed by atoms with Crippen LogP contribution in [-0.2, 0) is 0 Å². The lowest BCUT2D eigenvalue weighted by Gasteiger charge is -2.39. The number of rotatable bonds is 7. The molecule has 1 atom stereocenters. The number of nitrogens with one attached hydrogen (secondary N) is 2. The van der Waals surface area contributed by atoms with Gasteiger partial charge in [0.25, 0.3) is 0 Å². The minimum Gasteiger partial charge on any atom is -0.667 e. The van der Waals surface area contributed by atoms with Gasteiger partial charge in [0, 0.05) is 29.3 Å². The van der Waals surface area contributed by atoms with Crippen LogP contribution in [0.15, 0.2) is 53.3 Å². The number of amidine groups is 1. The lowest BCUT2D eigenvalue weighted by atomic mass is 10.1. The molecule has 8 heteroatoms. The van der Waals surface area contributed by atoms with Gasteiger partial charge in [-0.2, -0.15) is 11.5 Å². The van der Waals surface area contributed by atoms with Gasteiger partial charge in [-0.25, -0.2) is 4.98 Å². The normalized spacial score (nSPS) is 19.4. The van der Waals surface area contributed by atoms with Crippen molar-refractivity contribution in [1.82, 2.24) is 10.3 Å². The molecule has 154 valence electrons. The summed E-state index contributed by atoms with van der Waals surface area (Å²) in [5, 5.41) is 21.4. The number of nitrogens with zero attached hydrogens (tertiary/aromatic N) is 4. The van der Waals surface area contributed by atoms with Crippen molar-refractivity contribution >= 4 is 34.9 Å². The van der Waals surface area contributed by atoms with Gasteiger partial charge in [-0.15, -0.1) is 0 Å². The first-order valence-electron chi connectivity index (χ1n) is 9.90. The summed E-state index contributed by atoms with van der Waals surface area (Å²) in [5.74, 6) is 2.20. The highest BCUT2D eigenvalue weighted by molar-refractivity contribution is 6.35. The average molecular weight is 440 g/mol. The second kappa shape index (κ2) is 9.38. The molecule has 30 heavy (non-hydrogen) atoms. The largest absolute Gasteiger partial charge is 0.667 e. The van der Waals surface area contributed by atoms with E-state index in [9.17, 15) is 0 Å². The summed E-state index contributed by atoms with van der Waals surface area (Å²) < 4.78 is 0. The number of aliphatic imine (C=N–C) groups is 1. The fourth-order valence-corrected chi connectivity index (χ4v) is 3.74. The molecule has 2 N–H and O–H groups in total. The van der Waals surface area contributed by atoms with Crippen molar-refractivity contribution in [3.63, 3.8) is 0 Å². The van der Waals surface area contributed by atoms with Gasteiger partial charge in [0.05, 0.1) is 5.56 Å². The highest BCUT2D eigenvalue weighted by atomic mass is 35.5. The van der Waals surface area contributed by atoms with E-state index in [0.29, 0.717) is 28.1 Å². The smallest absolute Gasteiger partial charge is 0.125 e. The Morgan fingerprint density at radius 3 is 2.83 bits per heavy atom. The topological polar surface area (TPSA) is 87.2 Å². The molecule has 0 amide bonds. The Bertz CT molecular complexity index is 1010. The highest BCUT2D eigenvalue weighted by Gasteiger charge is 2.29. The second-order valence-electron chi connectivity index (χ2n) is 7.28. The van der Waals surface area contributed by atoms with Gasteiger partial charge < -0.3 is 16.0 Å². The number of anilines is 1. The van der Waals surface area contributed by atoms with Crippen molar-refractivity contribution in [2.24, 2.45) is 10.9 Å². The second-order valence-corrected chi connectivity index (χ2v) is 8.12. The molecular formula is C22H21Cl2N6-. The van der Waals surface area contributed by atoms with Crippen LogP contribution in [0, 0.1) is 17.2 Å². The Hall–Kier alpha value is -2.75. The lowest BCUT2D eigenvalue weighted by molar-refractivity contribution is 0.732. The number of nitriles is 1. The first kappa shape index (κ1) is 20.5. The number of hydrogen-bond donors (Lipinski definition) is 2. The van der Waals surface area contributed by atoms with Crippen molar-refractivity contribution in [1.29, 1.82) is 5.26 Å². The molecule has 0 spiro atoms. The number of halogens is 2. The van der Waals surface area contributed by atoms with E-state index in [2.05, 4.69) is 27.0 Å². The van der Waals surface area contributed by atoms with Crippen LogP contribution in [0.5, 0.6) is 0 Å². The fourth-order valence-electron chi connectivity index (χ4n) is 3.23. The standard InChI is InChI=1S/C22H21Cl2N6/c23-16-5-6-17(19(24)10-16)21-29-13-18(15-3-4-15)22(30-21)27-9-1-8-26-20-7-2-14(11-25)12-28-20/h2,5-7,10,12-13,15,21H,1,3-4,8-9H2,(H,26,28)(H,27,30)/q-1. The summed E-state index contributed by atoms with van der Waals surface area (Å²) in [7, 11) is 0. The molecule has 6 nitrogen and oxygen atoms in total. The van der Waals surface area contributed by atoms with Crippen LogP contribution in [0.2, 0.25) is 10.0 Å². The summed E-state index contributed by atoms with van der Waals surface area (Å²) in [6.45, 7) is 1.42. The van der Waals surface area contributed by atoms with E-state index in [1.165, 1.54) is 18.4 Å². The summed E-state index contributed by atoms with van der Waals surface area (Å²) in [6, 6.07) is 11.1. The molecule has 1 unspecified atom stereocenters. The zero-order valence-electron chi connectivity index (χ0n) is 16.3. The molecular weight excluding hydrogens is 419 g/mol. The minimum atomic E-state index is -0.267. The van der Waals surface area contributed by atoms with Gasteiger partial charge in [-0.3, -0.25) is 4.99 Å². The zero-order valence-corrected chi connectivity index (χ0v) is 17.8. The maximum absolute atomic E-state index is 8.83. The Morgan fingerprint density at radius 2 is 2.13 bits per heavy atom. The van der Waals surface area contributed by atoms with Gasteiger partial charge >= 0.3 is 0 Å². The molecule has 0 radical (unpaired) electrons. The fraction of sp³-hybridized carbons (Fsp3) is 0.318. The summed E-state index contributed by atoms with van der Waals surface area (Å²) in [4.78, 5) is 9.03. The molecule has 2 heterocycles. The quantitative estimate of drug-likeness (QED) is 0.562. The van der Waals surface area contributed by atoms with Crippen LogP contribution in [0.1, 0.15) is 36.6 Å². The van der Waals surface area contributed by atoms with Crippen molar-refractivity contribution in [2.75, 3.05) is 18.4 Å². The van der Waals surface area contributed by atoms with E-state index in [1.807, 2.05) is 24.4 Å². The molecule has 1 aromatic carbocycles. The Morgan fingerprint density at radius 1 is 1.27 bits per heavy atom. The Kier molecular flexibility index (Phi) is 6.41. The van der Waals surface area contributed by atoms with Crippen LogP contribution in [0.4, 0.5) is 5.82 Å². The van der Waals surface area contributed by atoms with E-state index in [1.54, 1.807) is 18.3 Å². The van der Waals surface area contributed by atoms with Gasteiger partial charge in [0.1, 0.15) is 17.7 Å². The van der Waals surface area contributed by atoms with Crippen LogP contribution in [-0.4, -0.2) is 23.9 Å². The van der Waals surface area contributed by atoms with E-state index in [4.69, 9.17) is 33.5 Å². The maximum Gasteiger partial charge on any atom is 0.125 e. The van der Waals surface area contributed by atoms with E-state index in [0.717, 1.165) is 30.2 Å². The van der Waals surface area contributed by atoms with E-state index < -0.39 is 0 Å². The zero-order chi connectivity index (χ0) is 20.9. The van der Waals surface area contributed by atoms with Crippen LogP contribution in [0.25, 0.3) is 5.32 Å². The van der Waals surface area contributed by atoms with Gasteiger partial charge in [0.15, 0.2) is 0 Å². The first-order valence-corrected chi connectivity index (χ1v) is 10.7. The molecule has 4 rings (SSSR count). The molecule has 1 saturated carbocycles. The molecule has 1 fully saturated rings. The molecule has 1 aromatic heterocycles. The number of hydrogen-bond acceptors (Lipinski definition) is 4. The van der Waals surface area contributed by atoms with Crippen LogP contribution < -0.4 is 10.6 Å². The minimum absolute atomic E-state index is 0.267. The molecule has 1 aliphatic carbocycles. The number of benzene rings is 1. The summed E-state index contributed by atoms with van der Waals surface area (Å²) in [5.41, 5.74) is 2.61. The average Bonchev–Trinajstić information content (AvgIpc) is 3.59. The van der Waals surface area contributed by atoms with Crippen molar-refractivity contribution in [3.05, 3.63) is 74.8 Å². The third-order valence-corrected chi connectivity index (χ3v) is 5.55. The molecule has 2 aromatic rings. The maximum atomic E-state index is 8.83. The van der Waals surface area contributed by atoms with Gasteiger partial charge in [0.2, 0.25) is 0 Å². The van der Waals surface area contributed by atoms with Crippen LogP contribution in [0.3, 0.4) is 0 Å². The summed E-state index contributed by atoms with van der Waals surface area (Å²) >= 11 is 12.4. The molecule has 0 bridgehead atoms. The lowest BCUT2D eigenvalue weighted by Crippen LogP contribution is -2.33.